The van der Waals surface area contributed by atoms with Crippen LogP contribution in [0.1, 0.15) is 9.67 Å². The van der Waals surface area contributed by atoms with Gasteiger partial charge in [0.1, 0.15) is 4.88 Å². The van der Waals surface area contributed by atoms with Gasteiger partial charge in [-0.05, 0) is 18.2 Å². The first-order chi connectivity index (χ1) is 9.87. The number of carbonyl (C=O) groups excluding carboxylic acids is 1. The maximum atomic E-state index is 12.3. The highest BCUT2D eigenvalue weighted by atomic mass is 35.5. The molecule has 110 valence electrons. The standard InChI is InChI=1S/C13H11ClN2O3S2/c14-8-2-1-3-9-10(8)11(15)12(20-9)13(17)16-7-4-5-21(18,19)6-7/h1-5,7H,6,15H2,(H,16,17). The molecular formula is C13H11ClN2O3S2. The van der Waals surface area contributed by atoms with Crippen molar-refractivity contribution < 1.29 is 13.2 Å². The lowest BCUT2D eigenvalue weighted by Crippen LogP contribution is -2.35. The van der Waals surface area contributed by atoms with Crippen LogP contribution in [-0.4, -0.2) is 26.1 Å². The summed E-state index contributed by atoms with van der Waals surface area (Å²) in [5, 5.41) is 4.91. The number of anilines is 1. The predicted octanol–water partition coefficient (Wildman–Crippen LogP) is 2.18. The Morgan fingerprint density at radius 3 is 2.81 bits per heavy atom. The molecule has 1 aliphatic rings. The number of hydrogen-bond acceptors (Lipinski definition) is 5. The van der Waals surface area contributed by atoms with E-state index in [0.29, 0.717) is 21.0 Å². The molecule has 21 heavy (non-hydrogen) atoms. The van der Waals surface area contributed by atoms with Crippen molar-refractivity contribution in [1.29, 1.82) is 0 Å². The van der Waals surface area contributed by atoms with E-state index in [2.05, 4.69) is 5.32 Å². The van der Waals surface area contributed by atoms with Crippen LogP contribution in [0.4, 0.5) is 5.69 Å². The zero-order chi connectivity index (χ0) is 15.2. The normalized spacial score (nSPS) is 20.0. The highest BCUT2D eigenvalue weighted by molar-refractivity contribution is 7.94. The number of carbonyl (C=O) groups is 1. The largest absolute Gasteiger partial charge is 0.397 e. The Morgan fingerprint density at radius 1 is 1.43 bits per heavy atom. The summed E-state index contributed by atoms with van der Waals surface area (Å²) >= 11 is 7.33. The summed E-state index contributed by atoms with van der Waals surface area (Å²) in [5.74, 6) is -0.513. The van der Waals surface area contributed by atoms with Crippen molar-refractivity contribution in [3.8, 4) is 0 Å². The SMILES string of the molecule is Nc1c(C(=O)NC2C=CS(=O)(=O)C2)sc2cccc(Cl)c12. The van der Waals surface area contributed by atoms with Crippen LogP contribution in [0.15, 0.2) is 29.7 Å². The Bertz CT molecular complexity index is 871. The second-order valence-corrected chi connectivity index (χ2v) is 8.09. The van der Waals surface area contributed by atoms with Gasteiger partial charge in [0, 0.05) is 15.5 Å². The Balaban J connectivity index is 1.91. The van der Waals surface area contributed by atoms with Crippen LogP contribution in [0.3, 0.4) is 0 Å². The maximum Gasteiger partial charge on any atom is 0.264 e. The minimum absolute atomic E-state index is 0.121. The number of hydrogen-bond donors (Lipinski definition) is 2. The van der Waals surface area contributed by atoms with Gasteiger partial charge in [0.2, 0.25) is 0 Å². The topological polar surface area (TPSA) is 89.3 Å². The van der Waals surface area contributed by atoms with Crippen LogP contribution in [0.2, 0.25) is 5.02 Å². The fourth-order valence-corrected chi connectivity index (χ4v) is 4.82. The van der Waals surface area contributed by atoms with Crippen LogP contribution in [-0.2, 0) is 9.84 Å². The van der Waals surface area contributed by atoms with Crippen molar-refractivity contribution in [1.82, 2.24) is 5.32 Å². The first-order valence-electron chi connectivity index (χ1n) is 6.06. The van der Waals surface area contributed by atoms with Gasteiger partial charge in [-0.3, -0.25) is 4.79 Å². The van der Waals surface area contributed by atoms with Crippen LogP contribution in [0.25, 0.3) is 10.1 Å². The minimum Gasteiger partial charge on any atom is -0.397 e. The first-order valence-corrected chi connectivity index (χ1v) is 8.97. The van der Waals surface area contributed by atoms with E-state index in [1.54, 1.807) is 12.1 Å². The highest BCUT2D eigenvalue weighted by Crippen LogP contribution is 2.37. The number of halogens is 1. The smallest absolute Gasteiger partial charge is 0.264 e. The fraction of sp³-hybridized carbons (Fsp3) is 0.154. The number of thiophene rings is 1. The van der Waals surface area contributed by atoms with Crippen molar-refractivity contribution in [2.75, 3.05) is 11.5 Å². The van der Waals surface area contributed by atoms with E-state index >= 15 is 0 Å². The molecule has 0 bridgehead atoms. The summed E-state index contributed by atoms with van der Waals surface area (Å²) in [4.78, 5) is 12.6. The number of amides is 1. The molecule has 0 fully saturated rings. The third-order valence-corrected chi connectivity index (χ3v) is 6.03. The number of nitrogens with one attached hydrogen (secondary N) is 1. The number of rotatable bonds is 2. The second kappa shape index (κ2) is 5.01. The molecule has 1 aromatic carbocycles. The van der Waals surface area contributed by atoms with Gasteiger partial charge >= 0.3 is 0 Å². The number of nitrogens with two attached hydrogens (primary N) is 1. The molecule has 2 heterocycles. The lowest BCUT2D eigenvalue weighted by Gasteiger charge is -2.09. The monoisotopic (exact) mass is 342 g/mol. The molecule has 1 aliphatic heterocycles. The zero-order valence-electron chi connectivity index (χ0n) is 10.7. The van der Waals surface area contributed by atoms with Crippen molar-refractivity contribution in [3.63, 3.8) is 0 Å². The van der Waals surface area contributed by atoms with Crippen molar-refractivity contribution in [2.24, 2.45) is 0 Å². The van der Waals surface area contributed by atoms with Crippen LogP contribution in [0.5, 0.6) is 0 Å². The summed E-state index contributed by atoms with van der Waals surface area (Å²) < 4.78 is 23.5. The van der Waals surface area contributed by atoms with E-state index in [9.17, 15) is 13.2 Å². The molecule has 0 radical (unpaired) electrons. The Hall–Kier alpha value is -1.57. The predicted molar refractivity (Wildman–Crippen MR) is 85.4 cm³/mol. The van der Waals surface area contributed by atoms with Crippen LogP contribution < -0.4 is 11.1 Å². The van der Waals surface area contributed by atoms with Crippen LogP contribution in [0, 0.1) is 0 Å². The third-order valence-electron chi connectivity index (χ3n) is 3.15. The lowest BCUT2D eigenvalue weighted by molar-refractivity contribution is 0.0952. The molecule has 0 spiro atoms. The number of benzene rings is 1. The number of nitrogen functional groups attached to an aromatic ring is 1. The lowest BCUT2D eigenvalue weighted by atomic mass is 10.2. The molecule has 2 aromatic rings. The van der Waals surface area contributed by atoms with Gasteiger partial charge in [-0.1, -0.05) is 17.7 Å². The highest BCUT2D eigenvalue weighted by Gasteiger charge is 2.25. The first kappa shape index (κ1) is 14.4. The van der Waals surface area contributed by atoms with E-state index in [4.69, 9.17) is 17.3 Å². The van der Waals surface area contributed by atoms with Crippen molar-refractivity contribution in [2.45, 2.75) is 6.04 Å². The van der Waals surface area contributed by atoms with E-state index in [1.165, 1.54) is 17.4 Å². The van der Waals surface area contributed by atoms with Crippen molar-refractivity contribution in [3.05, 3.63) is 39.6 Å². The molecule has 1 unspecified atom stereocenters. The Morgan fingerprint density at radius 2 is 2.19 bits per heavy atom. The molecule has 0 saturated heterocycles. The van der Waals surface area contributed by atoms with Crippen molar-refractivity contribution >= 4 is 54.5 Å². The zero-order valence-corrected chi connectivity index (χ0v) is 13.1. The maximum absolute atomic E-state index is 12.3. The van der Waals surface area contributed by atoms with Gasteiger partial charge in [0.05, 0.1) is 22.5 Å². The molecular weight excluding hydrogens is 332 g/mol. The number of sulfone groups is 1. The van der Waals surface area contributed by atoms with Gasteiger partial charge in [0.25, 0.3) is 5.91 Å². The van der Waals surface area contributed by atoms with E-state index in [1.807, 2.05) is 6.07 Å². The van der Waals surface area contributed by atoms with Gasteiger partial charge in [-0.25, -0.2) is 8.42 Å². The van der Waals surface area contributed by atoms with Gasteiger partial charge in [-0.2, -0.15) is 0 Å². The molecule has 1 atom stereocenters. The average Bonchev–Trinajstić information content (AvgIpc) is 2.91. The molecule has 1 amide bonds. The molecule has 0 aliphatic carbocycles. The fourth-order valence-electron chi connectivity index (χ4n) is 2.20. The molecule has 8 heteroatoms. The van der Waals surface area contributed by atoms with Gasteiger partial charge in [0.15, 0.2) is 9.84 Å². The number of fused-ring (bicyclic) bond motifs is 1. The quantitative estimate of drug-likeness (QED) is 0.875. The van der Waals surface area contributed by atoms with Crippen LogP contribution >= 0.6 is 22.9 Å². The third kappa shape index (κ3) is 2.64. The van der Waals surface area contributed by atoms with E-state index < -0.39 is 21.8 Å². The van der Waals surface area contributed by atoms with Gasteiger partial charge < -0.3 is 11.1 Å². The average molecular weight is 343 g/mol. The second-order valence-electron chi connectivity index (χ2n) is 4.70. The Kier molecular flexibility index (Phi) is 3.43. The summed E-state index contributed by atoms with van der Waals surface area (Å²) in [6.45, 7) is 0. The molecule has 1 aromatic heterocycles. The Labute approximate surface area is 130 Å². The molecule has 3 rings (SSSR count). The summed E-state index contributed by atoms with van der Waals surface area (Å²) in [7, 11) is -3.21. The molecule has 3 N–H and O–H groups in total. The summed E-state index contributed by atoms with van der Waals surface area (Å²) in [6.07, 6.45) is 1.46. The minimum atomic E-state index is -3.21. The summed E-state index contributed by atoms with van der Waals surface area (Å²) in [5.41, 5.74) is 6.32. The molecule has 5 nitrogen and oxygen atoms in total. The van der Waals surface area contributed by atoms with E-state index in [-0.39, 0.29) is 5.75 Å². The van der Waals surface area contributed by atoms with E-state index in [0.717, 1.165) is 10.1 Å². The van der Waals surface area contributed by atoms with Gasteiger partial charge in [-0.15, -0.1) is 11.3 Å². The summed E-state index contributed by atoms with van der Waals surface area (Å²) in [6, 6.07) is 4.80. The molecule has 0 saturated carbocycles.